The fraction of sp³-hybridized carbons (Fsp3) is 0.381. The molecule has 1 unspecified atom stereocenters. The largest absolute Gasteiger partial charge is 0.370 e. The highest BCUT2D eigenvalue weighted by molar-refractivity contribution is 5.74. The molecule has 1 atom stereocenters. The van der Waals surface area contributed by atoms with Gasteiger partial charge in [0.25, 0.3) is 0 Å². The number of hydrogen-bond donors (Lipinski definition) is 1. The van der Waals surface area contributed by atoms with Gasteiger partial charge in [0, 0.05) is 13.1 Å². The molecule has 2 aromatic carbocycles. The van der Waals surface area contributed by atoms with E-state index in [9.17, 15) is 4.79 Å². The summed E-state index contributed by atoms with van der Waals surface area (Å²) in [6.45, 7) is 4.59. The molecule has 25 heavy (non-hydrogen) atoms. The van der Waals surface area contributed by atoms with Crippen LogP contribution in [0.15, 0.2) is 54.6 Å². The SMILES string of the molecule is Cc1ccc(C2CN(C(=O)NCCCc3ccccc3)CCO2)cc1. The van der Waals surface area contributed by atoms with Crippen LogP contribution in [0.2, 0.25) is 0 Å². The molecule has 0 aromatic heterocycles. The minimum atomic E-state index is -0.0376. The van der Waals surface area contributed by atoms with Gasteiger partial charge in [-0.2, -0.15) is 0 Å². The highest BCUT2D eigenvalue weighted by atomic mass is 16.5. The number of carbonyl (C=O) groups is 1. The van der Waals surface area contributed by atoms with Gasteiger partial charge in [0.1, 0.15) is 6.10 Å². The van der Waals surface area contributed by atoms with Gasteiger partial charge in [0.15, 0.2) is 0 Å². The van der Waals surface area contributed by atoms with Crippen molar-refractivity contribution in [1.82, 2.24) is 10.2 Å². The number of nitrogens with one attached hydrogen (secondary N) is 1. The minimum absolute atomic E-state index is 0.00785. The maximum atomic E-state index is 12.4. The van der Waals surface area contributed by atoms with E-state index in [-0.39, 0.29) is 12.1 Å². The first kappa shape index (κ1) is 17.5. The quantitative estimate of drug-likeness (QED) is 0.845. The van der Waals surface area contributed by atoms with Crippen molar-refractivity contribution in [2.75, 3.05) is 26.2 Å². The monoisotopic (exact) mass is 338 g/mol. The molecule has 0 radical (unpaired) electrons. The van der Waals surface area contributed by atoms with Crippen LogP contribution in [-0.2, 0) is 11.2 Å². The van der Waals surface area contributed by atoms with E-state index in [1.165, 1.54) is 11.1 Å². The minimum Gasteiger partial charge on any atom is -0.370 e. The van der Waals surface area contributed by atoms with Crippen LogP contribution < -0.4 is 5.32 Å². The molecule has 1 saturated heterocycles. The molecule has 0 saturated carbocycles. The number of rotatable bonds is 5. The smallest absolute Gasteiger partial charge is 0.317 e. The van der Waals surface area contributed by atoms with Crippen molar-refractivity contribution < 1.29 is 9.53 Å². The molecule has 0 aliphatic carbocycles. The van der Waals surface area contributed by atoms with Crippen LogP contribution in [0, 0.1) is 6.92 Å². The van der Waals surface area contributed by atoms with Gasteiger partial charge in [0.2, 0.25) is 0 Å². The molecule has 2 aromatic rings. The molecular weight excluding hydrogens is 312 g/mol. The zero-order valence-corrected chi connectivity index (χ0v) is 14.8. The zero-order chi connectivity index (χ0) is 17.5. The van der Waals surface area contributed by atoms with Crippen LogP contribution in [0.5, 0.6) is 0 Å². The number of benzene rings is 2. The van der Waals surface area contributed by atoms with Crippen LogP contribution in [0.1, 0.15) is 29.2 Å². The van der Waals surface area contributed by atoms with Gasteiger partial charge in [-0.05, 0) is 30.9 Å². The Balaban J connectivity index is 1.44. The Bertz CT molecular complexity index is 670. The molecule has 1 aliphatic rings. The first-order chi connectivity index (χ1) is 12.2. The molecule has 0 spiro atoms. The Hall–Kier alpha value is -2.33. The molecule has 0 bridgehead atoms. The van der Waals surface area contributed by atoms with Gasteiger partial charge < -0.3 is 15.0 Å². The maximum Gasteiger partial charge on any atom is 0.317 e. The van der Waals surface area contributed by atoms with E-state index in [4.69, 9.17) is 4.74 Å². The summed E-state index contributed by atoms with van der Waals surface area (Å²) < 4.78 is 5.85. The molecule has 1 heterocycles. The van der Waals surface area contributed by atoms with E-state index in [1.54, 1.807) is 0 Å². The molecule has 132 valence electrons. The fourth-order valence-corrected chi connectivity index (χ4v) is 3.06. The predicted molar refractivity (Wildman–Crippen MR) is 99.6 cm³/mol. The lowest BCUT2D eigenvalue weighted by molar-refractivity contribution is -0.0154. The number of aryl methyl sites for hydroxylation is 2. The lowest BCUT2D eigenvalue weighted by atomic mass is 10.1. The van der Waals surface area contributed by atoms with Crippen molar-refractivity contribution in [2.45, 2.75) is 25.9 Å². The standard InChI is InChI=1S/C21H26N2O2/c1-17-9-11-19(12-10-17)20-16-23(14-15-25-20)21(24)22-13-5-8-18-6-3-2-4-7-18/h2-4,6-7,9-12,20H,5,8,13-16H2,1H3,(H,22,24). The Morgan fingerprint density at radius 1 is 1.16 bits per heavy atom. The predicted octanol–water partition coefficient (Wildman–Crippen LogP) is 3.71. The van der Waals surface area contributed by atoms with Crippen molar-refractivity contribution in [1.29, 1.82) is 0 Å². The van der Waals surface area contributed by atoms with Crippen LogP contribution >= 0.6 is 0 Å². The molecule has 4 nitrogen and oxygen atoms in total. The fourth-order valence-electron chi connectivity index (χ4n) is 3.06. The number of ether oxygens (including phenoxy) is 1. The summed E-state index contributed by atoms with van der Waals surface area (Å²) in [7, 11) is 0. The van der Waals surface area contributed by atoms with Crippen LogP contribution in [0.25, 0.3) is 0 Å². The number of morpholine rings is 1. The number of hydrogen-bond acceptors (Lipinski definition) is 2. The molecule has 1 fully saturated rings. The number of carbonyl (C=O) groups excluding carboxylic acids is 1. The van der Waals surface area contributed by atoms with Crippen molar-refractivity contribution >= 4 is 6.03 Å². The number of urea groups is 1. The van der Waals surface area contributed by atoms with E-state index in [2.05, 4.69) is 48.6 Å². The zero-order valence-electron chi connectivity index (χ0n) is 14.8. The molecular formula is C21H26N2O2. The van der Waals surface area contributed by atoms with Gasteiger partial charge in [-0.15, -0.1) is 0 Å². The van der Waals surface area contributed by atoms with E-state index >= 15 is 0 Å². The second-order valence-corrected chi connectivity index (χ2v) is 6.54. The molecule has 1 aliphatic heterocycles. The van der Waals surface area contributed by atoms with Gasteiger partial charge in [-0.1, -0.05) is 60.2 Å². The summed E-state index contributed by atoms with van der Waals surface area (Å²) >= 11 is 0. The summed E-state index contributed by atoms with van der Waals surface area (Å²) in [5.41, 5.74) is 3.67. The van der Waals surface area contributed by atoms with Gasteiger partial charge in [0.05, 0.1) is 13.2 Å². The third-order valence-electron chi connectivity index (χ3n) is 4.56. The van der Waals surface area contributed by atoms with Crippen molar-refractivity contribution in [2.24, 2.45) is 0 Å². The summed E-state index contributed by atoms with van der Waals surface area (Å²) in [6, 6.07) is 18.7. The van der Waals surface area contributed by atoms with Gasteiger partial charge >= 0.3 is 6.03 Å². The summed E-state index contributed by atoms with van der Waals surface area (Å²) in [6.07, 6.45) is 1.89. The van der Waals surface area contributed by atoms with Crippen LogP contribution in [0.3, 0.4) is 0 Å². The van der Waals surface area contributed by atoms with E-state index in [1.807, 2.05) is 23.1 Å². The third-order valence-corrected chi connectivity index (χ3v) is 4.56. The highest BCUT2D eigenvalue weighted by Crippen LogP contribution is 2.22. The van der Waals surface area contributed by atoms with E-state index < -0.39 is 0 Å². The van der Waals surface area contributed by atoms with Gasteiger partial charge in [-0.25, -0.2) is 4.79 Å². The van der Waals surface area contributed by atoms with Gasteiger partial charge in [-0.3, -0.25) is 0 Å². The Labute approximate surface area is 149 Å². The molecule has 3 rings (SSSR count). The Morgan fingerprint density at radius 3 is 2.68 bits per heavy atom. The lowest BCUT2D eigenvalue weighted by Crippen LogP contribution is -2.47. The maximum absolute atomic E-state index is 12.4. The van der Waals surface area contributed by atoms with Crippen LogP contribution in [-0.4, -0.2) is 37.2 Å². The summed E-state index contributed by atoms with van der Waals surface area (Å²) in [5, 5.41) is 3.04. The topological polar surface area (TPSA) is 41.6 Å². The molecule has 2 amide bonds. The van der Waals surface area contributed by atoms with E-state index in [0.717, 1.165) is 18.4 Å². The average molecular weight is 338 g/mol. The average Bonchev–Trinajstić information content (AvgIpc) is 2.66. The highest BCUT2D eigenvalue weighted by Gasteiger charge is 2.25. The van der Waals surface area contributed by atoms with Crippen molar-refractivity contribution in [3.05, 3.63) is 71.3 Å². The Morgan fingerprint density at radius 2 is 1.92 bits per heavy atom. The first-order valence-corrected chi connectivity index (χ1v) is 8.97. The normalized spacial score (nSPS) is 17.3. The summed E-state index contributed by atoms with van der Waals surface area (Å²) in [4.78, 5) is 14.3. The molecule has 4 heteroatoms. The second kappa shape index (κ2) is 8.67. The summed E-state index contributed by atoms with van der Waals surface area (Å²) in [5.74, 6) is 0. The first-order valence-electron chi connectivity index (χ1n) is 8.97. The third kappa shape index (κ3) is 5.07. The van der Waals surface area contributed by atoms with Crippen molar-refractivity contribution in [3.8, 4) is 0 Å². The Kier molecular flexibility index (Phi) is 6.07. The number of nitrogens with zero attached hydrogens (tertiary/aromatic N) is 1. The van der Waals surface area contributed by atoms with Crippen LogP contribution in [0.4, 0.5) is 4.79 Å². The second-order valence-electron chi connectivity index (χ2n) is 6.54. The van der Waals surface area contributed by atoms with E-state index in [0.29, 0.717) is 26.2 Å². The van der Waals surface area contributed by atoms with Crippen molar-refractivity contribution in [3.63, 3.8) is 0 Å². The number of amides is 2. The molecule has 1 N–H and O–H groups in total. The lowest BCUT2D eigenvalue weighted by Gasteiger charge is -2.33.